The second-order valence-corrected chi connectivity index (χ2v) is 6.72. The Morgan fingerprint density at radius 2 is 1.96 bits per heavy atom. The Labute approximate surface area is 141 Å². The molecule has 0 radical (unpaired) electrons. The van der Waals surface area contributed by atoms with E-state index in [2.05, 4.69) is 24.9 Å². The van der Waals surface area contributed by atoms with Gasteiger partial charge in [0.15, 0.2) is 11.6 Å². The molecular formula is C19H19N3O2. The molecule has 1 aliphatic rings. The van der Waals surface area contributed by atoms with Gasteiger partial charge in [0.2, 0.25) is 0 Å². The number of nitriles is 1. The summed E-state index contributed by atoms with van der Waals surface area (Å²) in [7, 11) is 1.53. The third kappa shape index (κ3) is 2.89. The van der Waals surface area contributed by atoms with Crippen molar-refractivity contribution in [2.45, 2.75) is 26.7 Å². The Morgan fingerprint density at radius 1 is 1.25 bits per heavy atom. The summed E-state index contributed by atoms with van der Waals surface area (Å²) >= 11 is 0. The van der Waals surface area contributed by atoms with Crippen LogP contribution in [-0.4, -0.2) is 17.9 Å². The molecule has 0 N–H and O–H groups in total. The second-order valence-electron chi connectivity index (χ2n) is 6.72. The van der Waals surface area contributed by atoms with Crippen LogP contribution in [0.2, 0.25) is 0 Å². The zero-order valence-electron chi connectivity index (χ0n) is 14.0. The molecule has 0 unspecified atom stereocenters. The van der Waals surface area contributed by atoms with E-state index >= 15 is 0 Å². The molecule has 0 amide bonds. The predicted molar refractivity (Wildman–Crippen MR) is 91.0 cm³/mol. The van der Waals surface area contributed by atoms with Crippen LogP contribution in [0, 0.1) is 16.7 Å². The Kier molecular flexibility index (Phi) is 4.08. The fourth-order valence-electron chi connectivity index (χ4n) is 3.08. The van der Waals surface area contributed by atoms with Gasteiger partial charge in [0.25, 0.3) is 0 Å². The van der Waals surface area contributed by atoms with Gasteiger partial charge >= 0.3 is 0 Å². The predicted octanol–water partition coefficient (Wildman–Crippen LogP) is 3.81. The monoisotopic (exact) mass is 321 g/mol. The fraction of sp³-hybridized carbons (Fsp3) is 0.316. The number of Topliss-reactive ketones (excluding diaryl/α,β-unsaturated/α-hetero) is 1. The molecule has 3 rings (SSSR count). The van der Waals surface area contributed by atoms with Gasteiger partial charge < -0.3 is 0 Å². The average Bonchev–Trinajstić information content (AvgIpc) is 2.55. The molecule has 0 fully saturated rings. The molecule has 0 saturated heterocycles. The molecule has 5 heteroatoms. The van der Waals surface area contributed by atoms with Gasteiger partial charge in [0.1, 0.15) is 6.07 Å². The van der Waals surface area contributed by atoms with Crippen LogP contribution in [0.5, 0.6) is 0 Å². The molecule has 0 bridgehead atoms. The highest BCUT2D eigenvalue weighted by atomic mass is 16.7. The number of hydrogen-bond acceptors (Lipinski definition) is 5. The number of carbonyl (C=O) groups is 1. The minimum Gasteiger partial charge on any atom is -0.294 e. The number of para-hydroxylation sites is 1. The Morgan fingerprint density at radius 3 is 2.58 bits per heavy atom. The molecule has 1 aromatic carbocycles. The lowest BCUT2D eigenvalue weighted by molar-refractivity contribution is 0.0910. The van der Waals surface area contributed by atoms with Gasteiger partial charge in [-0.15, -0.1) is 0 Å². The van der Waals surface area contributed by atoms with E-state index in [1.54, 1.807) is 6.07 Å². The summed E-state index contributed by atoms with van der Waals surface area (Å²) < 4.78 is 0. The first-order valence-corrected chi connectivity index (χ1v) is 7.82. The van der Waals surface area contributed by atoms with Crippen LogP contribution in [0.4, 0.5) is 11.5 Å². The molecule has 0 saturated carbocycles. The molecule has 24 heavy (non-hydrogen) atoms. The number of carbonyl (C=O) groups excluding carboxylic acids is 1. The lowest BCUT2D eigenvalue weighted by Crippen LogP contribution is -2.29. The lowest BCUT2D eigenvalue weighted by Gasteiger charge is -2.31. The topological polar surface area (TPSA) is 66.2 Å². The minimum atomic E-state index is -0.132. The van der Waals surface area contributed by atoms with E-state index in [4.69, 9.17) is 4.84 Å². The van der Waals surface area contributed by atoms with Crippen molar-refractivity contribution in [3.05, 3.63) is 53.2 Å². The van der Waals surface area contributed by atoms with Gasteiger partial charge in [0, 0.05) is 12.0 Å². The summed E-state index contributed by atoms with van der Waals surface area (Å²) in [5.41, 5.74) is 2.24. The van der Waals surface area contributed by atoms with E-state index in [9.17, 15) is 10.1 Å². The Bertz CT molecular complexity index is 822. The van der Waals surface area contributed by atoms with Crippen LogP contribution < -0.4 is 5.06 Å². The highest BCUT2D eigenvalue weighted by Gasteiger charge is 2.33. The smallest absolute Gasteiger partial charge is 0.176 e. The number of aromatic nitrogens is 1. The van der Waals surface area contributed by atoms with Crippen molar-refractivity contribution in [3.8, 4) is 6.07 Å². The number of pyridine rings is 1. The molecule has 0 spiro atoms. The molecule has 122 valence electrons. The highest BCUT2D eigenvalue weighted by Crippen LogP contribution is 2.37. The number of anilines is 2. The van der Waals surface area contributed by atoms with E-state index in [1.165, 1.54) is 12.2 Å². The molecule has 0 atom stereocenters. The zero-order chi connectivity index (χ0) is 17.3. The highest BCUT2D eigenvalue weighted by molar-refractivity contribution is 5.99. The minimum absolute atomic E-state index is 0.0421. The molecule has 1 aliphatic carbocycles. The van der Waals surface area contributed by atoms with Crippen molar-refractivity contribution >= 4 is 17.3 Å². The van der Waals surface area contributed by atoms with E-state index in [0.29, 0.717) is 29.8 Å². The van der Waals surface area contributed by atoms with Gasteiger partial charge in [-0.25, -0.2) is 10.0 Å². The Balaban J connectivity index is 2.15. The van der Waals surface area contributed by atoms with Gasteiger partial charge in [-0.05, 0) is 30.0 Å². The second kappa shape index (κ2) is 6.06. The van der Waals surface area contributed by atoms with Crippen molar-refractivity contribution < 1.29 is 9.63 Å². The summed E-state index contributed by atoms with van der Waals surface area (Å²) in [5.74, 6) is 0.455. The van der Waals surface area contributed by atoms with Crippen molar-refractivity contribution in [2.24, 2.45) is 5.41 Å². The van der Waals surface area contributed by atoms with Crippen LogP contribution in [0.3, 0.4) is 0 Å². The molecule has 0 aliphatic heterocycles. The van der Waals surface area contributed by atoms with Crippen molar-refractivity contribution in [2.75, 3.05) is 12.2 Å². The van der Waals surface area contributed by atoms with Crippen LogP contribution in [-0.2, 0) is 11.3 Å². The van der Waals surface area contributed by atoms with Crippen molar-refractivity contribution in [3.63, 3.8) is 0 Å². The average molecular weight is 321 g/mol. The van der Waals surface area contributed by atoms with E-state index in [0.717, 1.165) is 11.4 Å². The molecular weight excluding hydrogens is 302 g/mol. The van der Waals surface area contributed by atoms with Crippen LogP contribution in [0.1, 0.15) is 41.9 Å². The number of hydrogen-bond donors (Lipinski definition) is 0. The maximum atomic E-state index is 12.4. The number of ketones is 1. The number of nitrogens with zero attached hydrogens (tertiary/aromatic N) is 3. The van der Waals surface area contributed by atoms with Crippen LogP contribution >= 0.6 is 0 Å². The third-order valence-corrected chi connectivity index (χ3v) is 4.15. The van der Waals surface area contributed by atoms with Gasteiger partial charge in [0.05, 0.1) is 24.1 Å². The van der Waals surface area contributed by atoms with Crippen molar-refractivity contribution in [1.82, 2.24) is 4.98 Å². The molecule has 2 aromatic rings. The summed E-state index contributed by atoms with van der Waals surface area (Å²) in [4.78, 5) is 22.5. The van der Waals surface area contributed by atoms with Crippen molar-refractivity contribution in [1.29, 1.82) is 5.26 Å². The zero-order valence-corrected chi connectivity index (χ0v) is 14.0. The molecule has 5 nitrogen and oxygen atoms in total. The maximum Gasteiger partial charge on any atom is 0.176 e. The standard InChI is InChI=1S/C19H19N3O2/c1-19(2)10-16-15(17(23)11-19)9-13(12-20)18(21-16)22(24-3)14-7-5-4-6-8-14/h4-9H,10-11H2,1-3H3. The molecule has 1 aromatic heterocycles. The Hall–Kier alpha value is -2.71. The van der Waals surface area contributed by atoms with Crippen LogP contribution in [0.15, 0.2) is 36.4 Å². The summed E-state index contributed by atoms with van der Waals surface area (Å²) in [6.45, 7) is 4.11. The van der Waals surface area contributed by atoms with E-state index in [-0.39, 0.29) is 11.2 Å². The summed E-state index contributed by atoms with van der Waals surface area (Å²) in [6, 6.07) is 13.2. The normalized spacial score (nSPS) is 15.5. The van der Waals surface area contributed by atoms with E-state index in [1.807, 2.05) is 30.3 Å². The van der Waals surface area contributed by atoms with Gasteiger partial charge in [-0.2, -0.15) is 5.26 Å². The maximum absolute atomic E-state index is 12.4. The van der Waals surface area contributed by atoms with Crippen LogP contribution in [0.25, 0.3) is 0 Å². The number of rotatable bonds is 3. The summed E-state index contributed by atoms with van der Waals surface area (Å²) in [6.07, 6.45) is 1.16. The third-order valence-electron chi connectivity index (χ3n) is 4.15. The van der Waals surface area contributed by atoms with Gasteiger partial charge in [-0.1, -0.05) is 32.0 Å². The largest absolute Gasteiger partial charge is 0.294 e. The number of fused-ring (bicyclic) bond motifs is 1. The first-order valence-electron chi connectivity index (χ1n) is 7.82. The lowest BCUT2D eigenvalue weighted by atomic mass is 9.75. The first-order chi connectivity index (χ1) is 11.4. The first kappa shape index (κ1) is 16.2. The van der Waals surface area contributed by atoms with Gasteiger partial charge in [-0.3, -0.25) is 9.63 Å². The fourth-order valence-corrected chi connectivity index (χ4v) is 3.08. The number of benzene rings is 1. The SMILES string of the molecule is CON(c1ccccc1)c1nc2c(cc1C#N)C(=O)CC(C)(C)C2. The summed E-state index contributed by atoms with van der Waals surface area (Å²) in [5, 5.41) is 11.0. The van der Waals surface area contributed by atoms with E-state index < -0.39 is 0 Å². The quantitative estimate of drug-likeness (QED) is 0.804. The molecule has 1 heterocycles.